The van der Waals surface area contributed by atoms with Crippen molar-refractivity contribution in [3.63, 3.8) is 0 Å². The largest absolute Gasteiger partial charge is 0.369 e. The fourth-order valence-corrected chi connectivity index (χ4v) is 1.25. The lowest BCUT2D eigenvalue weighted by atomic mass is 10.2. The Balaban J connectivity index is 2.21. The number of carbonyl (C=O) groups excluding carboxylic acids is 1. The Morgan fingerprint density at radius 1 is 1.53 bits per heavy atom. The molecule has 0 fully saturated rings. The monoisotopic (exact) mass is 202 g/mol. The minimum absolute atomic E-state index is 0.237. The van der Waals surface area contributed by atoms with Crippen LogP contribution in [0.2, 0.25) is 0 Å². The zero-order valence-corrected chi connectivity index (χ0v) is 7.97. The number of H-pyrrole nitrogens is 1. The molecular weight excluding hydrogens is 192 g/mol. The van der Waals surface area contributed by atoms with Gasteiger partial charge in [-0.25, -0.2) is 9.97 Å². The molecule has 0 unspecified atom stereocenters. The number of carbonyl (C=O) groups is 1. The molecule has 0 aromatic carbocycles. The molecule has 2 rings (SSSR count). The Labute approximate surface area is 86.0 Å². The minimum atomic E-state index is -0.346. The summed E-state index contributed by atoms with van der Waals surface area (Å²) >= 11 is 0. The van der Waals surface area contributed by atoms with E-state index in [2.05, 4.69) is 15.0 Å². The summed E-state index contributed by atoms with van der Waals surface area (Å²) in [6.07, 6.45) is 7.04. The number of nitrogens with zero attached hydrogens (tertiary/aromatic N) is 2. The molecule has 1 amide bonds. The molecule has 76 valence electrons. The van der Waals surface area contributed by atoms with Crippen LogP contribution in [0.3, 0.4) is 0 Å². The molecule has 0 radical (unpaired) electrons. The van der Waals surface area contributed by atoms with E-state index in [1.807, 2.05) is 6.07 Å². The molecule has 0 bridgehead atoms. The van der Waals surface area contributed by atoms with Crippen LogP contribution in [-0.2, 0) is 4.79 Å². The van der Waals surface area contributed by atoms with Crippen LogP contribution in [0.4, 0.5) is 0 Å². The summed E-state index contributed by atoms with van der Waals surface area (Å²) in [5.41, 5.74) is 7.47. The Kier molecular flexibility index (Phi) is 2.45. The highest BCUT2D eigenvalue weighted by Gasteiger charge is 1.96. The number of aromatic nitrogens is 3. The molecule has 2 aromatic rings. The highest BCUT2D eigenvalue weighted by molar-refractivity contribution is 5.77. The van der Waals surface area contributed by atoms with Gasteiger partial charge in [0.25, 0.3) is 0 Å². The van der Waals surface area contributed by atoms with Crippen molar-refractivity contribution in [2.45, 2.75) is 6.42 Å². The number of amides is 1. The molecule has 0 aliphatic carbocycles. The second-order valence-electron chi connectivity index (χ2n) is 3.12. The summed E-state index contributed by atoms with van der Waals surface area (Å²) in [5, 5.41) is 0. The molecule has 0 aliphatic heterocycles. The average Bonchev–Trinajstić information content (AvgIpc) is 2.64. The van der Waals surface area contributed by atoms with Gasteiger partial charge in [-0.2, -0.15) is 0 Å². The third-order valence-electron chi connectivity index (χ3n) is 1.92. The van der Waals surface area contributed by atoms with Crippen LogP contribution in [0.1, 0.15) is 12.0 Å². The van der Waals surface area contributed by atoms with E-state index in [0.29, 0.717) is 5.65 Å². The lowest BCUT2D eigenvalue weighted by Gasteiger charge is -1.92. The maximum absolute atomic E-state index is 10.5. The van der Waals surface area contributed by atoms with Crippen molar-refractivity contribution in [3.05, 3.63) is 30.2 Å². The fraction of sp³-hybridized carbons (Fsp3) is 0.100. The molecule has 15 heavy (non-hydrogen) atoms. The van der Waals surface area contributed by atoms with Gasteiger partial charge in [0.15, 0.2) is 5.65 Å². The molecule has 2 aromatic heterocycles. The average molecular weight is 202 g/mol. The van der Waals surface area contributed by atoms with Crippen molar-refractivity contribution in [2.75, 3.05) is 0 Å². The van der Waals surface area contributed by atoms with Crippen LogP contribution in [-0.4, -0.2) is 20.9 Å². The third-order valence-corrected chi connectivity index (χ3v) is 1.92. The highest BCUT2D eigenvalue weighted by atomic mass is 16.1. The first-order chi connectivity index (χ1) is 7.25. The van der Waals surface area contributed by atoms with Crippen LogP contribution in [0.15, 0.2) is 24.7 Å². The van der Waals surface area contributed by atoms with Crippen molar-refractivity contribution in [1.29, 1.82) is 0 Å². The van der Waals surface area contributed by atoms with Gasteiger partial charge in [0.2, 0.25) is 5.91 Å². The number of primary amides is 1. The minimum Gasteiger partial charge on any atom is -0.369 e. The normalized spacial score (nSPS) is 11.2. The number of nitrogens with one attached hydrogen (secondary N) is 1. The standard InChI is InChI=1S/C10H10N4O/c11-9(15)3-1-2-7-4-8-10(12-5-7)14-6-13-8/h1-2,4-6H,3H2,(H2,11,15)(H,12,13,14). The smallest absolute Gasteiger partial charge is 0.221 e. The molecule has 0 saturated carbocycles. The third kappa shape index (κ3) is 2.19. The van der Waals surface area contributed by atoms with E-state index in [1.54, 1.807) is 24.7 Å². The highest BCUT2D eigenvalue weighted by Crippen LogP contribution is 2.09. The topological polar surface area (TPSA) is 84.7 Å². The number of imidazole rings is 1. The van der Waals surface area contributed by atoms with Crippen molar-refractivity contribution < 1.29 is 4.79 Å². The maximum atomic E-state index is 10.5. The Hall–Kier alpha value is -2.17. The van der Waals surface area contributed by atoms with E-state index in [0.717, 1.165) is 11.1 Å². The molecule has 0 spiro atoms. The SMILES string of the molecule is NC(=O)CC=Cc1cnc2nc[nH]c2c1. The number of nitrogens with two attached hydrogens (primary N) is 1. The molecular formula is C10H10N4O. The summed E-state index contributed by atoms with van der Waals surface area (Å²) in [6, 6.07) is 1.91. The van der Waals surface area contributed by atoms with Crippen LogP contribution in [0, 0.1) is 0 Å². The first-order valence-corrected chi connectivity index (χ1v) is 4.49. The zero-order valence-electron chi connectivity index (χ0n) is 7.97. The molecule has 0 saturated heterocycles. The second-order valence-corrected chi connectivity index (χ2v) is 3.12. The number of pyridine rings is 1. The molecule has 5 nitrogen and oxygen atoms in total. The van der Waals surface area contributed by atoms with E-state index in [9.17, 15) is 4.79 Å². The van der Waals surface area contributed by atoms with Gasteiger partial charge in [-0.3, -0.25) is 4.79 Å². The second kappa shape index (κ2) is 3.91. The van der Waals surface area contributed by atoms with Crippen LogP contribution in [0.5, 0.6) is 0 Å². The Bertz CT molecular complexity index is 515. The van der Waals surface area contributed by atoms with E-state index in [1.165, 1.54) is 0 Å². The summed E-state index contributed by atoms with van der Waals surface area (Å²) in [6.45, 7) is 0. The maximum Gasteiger partial charge on any atom is 0.221 e. The van der Waals surface area contributed by atoms with Crippen LogP contribution in [0.25, 0.3) is 17.2 Å². The molecule has 0 atom stereocenters. The van der Waals surface area contributed by atoms with Gasteiger partial charge in [-0.05, 0) is 11.6 Å². The first-order valence-electron chi connectivity index (χ1n) is 4.49. The van der Waals surface area contributed by atoms with E-state index in [4.69, 9.17) is 5.73 Å². The van der Waals surface area contributed by atoms with Crippen molar-refractivity contribution >= 4 is 23.1 Å². The van der Waals surface area contributed by atoms with Gasteiger partial charge in [0, 0.05) is 12.6 Å². The number of hydrogen-bond acceptors (Lipinski definition) is 3. The summed E-state index contributed by atoms with van der Waals surface area (Å²) in [4.78, 5) is 21.6. The Morgan fingerprint density at radius 2 is 2.40 bits per heavy atom. The van der Waals surface area contributed by atoms with Gasteiger partial charge in [-0.1, -0.05) is 12.2 Å². The predicted molar refractivity (Wildman–Crippen MR) is 56.7 cm³/mol. The van der Waals surface area contributed by atoms with Crippen molar-refractivity contribution in [3.8, 4) is 0 Å². The van der Waals surface area contributed by atoms with E-state index in [-0.39, 0.29) is 12.3 Å². The summed E-state index contributed by atoms with van der Waals surface area (Å²) < 4.78 is 0. The molecule has 2 heterocycles. The van der Waals surface area contributed by atoms with Gasteiger partial charge >= 0.3 is 0 Å². The number of rotatable bonds is 3. The predicted octanol–water partition coefficient (Wildman–Crippen LogP) is 0.847. The van der Waals surface area contributed by atoms with Crippen LogP contribution >= 0.6 is 0 Å². The summed E-state index contributed by atoms with van der Waals surface area (Å²) in [5.74, 6) is -0.346. The quantitative estimate of drug-likeness (QED) is 0.773. The molecule has 0 aliphatic rings. The zero-order chi connectivity index (χ0) is 10.7. The number of hydrogen-bond donors (Lipinski definition) is 2. The lowest BCUT2D eigenvalue weighted by Crippen LogP contribution is -2.07. The summed E-state index contributed by atoms with van der Waals surface area (Å²) in [7, 11) is 0. The fourth-order valence-electron chi connectivity index (χ4n) is 1.25. The van der Waals surface area contributed by atoms with Crippen LogP contribution < -0.4 is 5.73 Å². The van der Waals surface area contributed by atoms with Crippen molar-refractivity contribution in [1.82, 2.24) is 15.0 Å². The molecule has 3 N–H and O–H groups in total. The Morgan fingerprint density at radius 3 is 3.20 bits per heavy atom. The van der Waals surface area contributed by atoms with Gasteiger partial charge in [0.05, 0.1) is 11.8 Å². The molecule has 5 heteroatoms. The van der Waals surface area contributed by atoms with E-state index < -0.39 is 0 Å². The first kappa shape index (κ1) is 9.39. The van der Waals surface area contributed by atoms with Gasteiger partial charge in [-0.15, -0.1) is 0 Å². The van der Waals surface area contributed by atoms with E-state index >= 15 is 0 Å². The van der Waals surface area contributed by atoms with Gasteiger partial charge in [0.1, 0.15) is 0 Å². The van der Waals surface area contributed by atoms with Gasteiger partial charge < -0.3 is 10.7 Å². The number of aromatic amines is 1. The van der Waals surface area contributed by atoms with Crippen molar-refractivity contribution in [2.24, 2.45) is 5.73 Å². The number of fused-ring (bicyclic) bond motifs is 1. The lowest BCUT2D eigenvalue weighted by molar-refractivity contribution is -0.117.